The minimum Gasteiger partial charge on any atom is -0.497 e. The summed E-state index contributed by atoms with van der Waals surface area (Å²) in [6, 6.07) is 21.6. The fourth-order valence-electron chi connectivity index (χ4n) is 3.99. The number of ether oxygens (including phenoxy) is 2. The van der Waals surface area contributed by atoms with Gasteiger partial charge >= 0.3 is 0 Å². The van der Waals surface area contributed by atoms with Crippen molar-refractivity contribution in [1.29, 1.82) is 0 Å². The summed E-state index contributed by atoms with van der Waals surface area (Å²) in [5, 5.41) is 6.49. The minimum atomic E-state index is -0.332. The Kier molecular flexibility index (Phi) is 7.36. The zero-order valence-corrected chi connectivity index (χ0v) is 20.5. The Bertz CT molecular complexity index is 1260. The van der Waals surface area contributed by atoms with Crippen molar-refractivity contribution in [2.75, 3.05) is 27.8 Å². The van der Waals surface area contributed by atoms with Gasteiger partial charge in [0.2, 0.25) is 0 Å². The molecule has 180 valence electrons. The van der Waals surface area contributed by atoms with Gasteiger partial charge < -0.3 is 14.4 Å². The van der Waals surface area contributed by atoms with Crippen molar-refractivity contribution in [3.05, 3.63) is 94.5 Å². The lowest BCUT2D eigenvalue weighted by Crippen LogP contribution is -2.39. The topological polar surface area (TPSA) is 71.4 Å². The summed E-state index contributed by atoms with van der Waals surface area (Å²) >= 11 is 6.18. The monoisotopic (exact) mass is 491 g/mol. The van der Waals surface area contributed by atoms with Gasteiger partial charge in [-0.1, -0.05) is 48.0 Å². The molecule has 0 bridgehead atoms. The van der Waals surface area contributed by atoms with Crippen molar-refractivity contribution in [3.8, 4) is 11.5 Å². The summed E-state index contributed by atoms with van der Waals surface area (Å²) in [5.41, 5.74) is 2.90. The lowest BCUT2D eigenvalue weighted by atomic mass is 9.98. The smallest absolute Gasteiger partial charge is 0.262 e. The van der Waals surface area contributed by atoms with E-state index >= 15 is 0 Å². The third-order valence-corrected chi connectivity index (χ3v) is 6.22. The minimum absolute atomic E-state index is 0.147. The quantitative estimate of drug-likeness (QED) is 0.475. The van der Waals surface area contributed by atoms with E-state index in [4.69, 9.17) is 21.1 Å². The Balaban J connectivity index is 1.61. The van der Waals surface area contributed by atoms with Crippen molar-refractivity contribution in [3.63, 3.8) is 0 Å². The van der Waals surface area contributed by atoms with Crippen LogP contribution in [0, 0.1) is 0 Å². The van der Waals surface area contributed by atoms with Crippen molar-refractivity contribution in [2.45, 2.75) is 12.5 Å². The Labute approximate surface area is 209 Å². The first-order chi connectivity index (χ1) is 16.9. The SMILES string of the molecule is COc1ccc(C2CC(c3cccc(OC)c3)=NN2C(=O)CN(C)C(=O)c2ccccc2Cl)cc1. The van der Waals surface area contributed by atoms with Crippen LogP contribution < -0.4 is 9.47 Å². The molecule has 2 amide bonds. The molecule has 7 nitrogen and oxygen atoms in total. The average molecular weight is 492 g/mol. The predicted octanol–water partition coefficient (Wildman–Crippen LogP) is 4.81. The molecule has 1 heterocycles. The normalized spacial score (nSPS) is 14.9. The highest BCUT2D eigenvalue weighted by Gasteiger charge is 2.34. The lowest BCUT2D eigenvalue weighted by molar-refractivity contribution is -0.133. The van der Waals surface area contributed by atoms with Gasteiger partial charge in [0.1, 0.15) is 18.0 Å². The van der Waals surface area contributed by atoms with E-state index in [1.54, 1.807) is 45.5 Å². The van der Waals surface area contributed by atoms with Gasteiger partial charge in [0.15, 0.2) is 0 Å². The summed E-state index contributed by atoms with van der Waals surface area (Å²) < 4.78 is 10.6. The van der Waals surface area contributed by atoms with E-state index in [0.29, 0.717) is 22.8 Å². The molecule has 3 aromatic rings. The predicted molar refractivity (Wildman–Crippen MR) is 135 cm³/mol. The lowest BCUT2D eigenvalue weighted by Gasteiger charge is -2.25. The van der Waals surface area contributed by atoms with E-state index in [1.807, 2.05) is 48.5 Å². The second-order valence-corrected chi connectivity index (χ2v) is 8.56. The van der Waals surface area contributed by atoms with E-state index in [1.165, 1.54) is 9.91 Å². The van der Waals surface area contributed by atoms with Crippen molar-refractivity contribution >= 4 is 29.1 Å². The molecule has 0 fully saturated rings. The van der Waals surface area contributed by atoms with Crippen LogP contribution >= 0.6 is 11.6 Å². The third-order valence-electron chi connectivity index (χ3n) is 5.89. The molecule has 3 aromatic carbocycles. The molecule has 0 aromatic heterocycles. The summed E-state index contributed by atoms with van der Waals surface area (Å²) in [7, 11) is 4.79. The molecule has 0 saturated carbocycles. The number of likely N-dealkylation sites (N-methyl/N-ethyl adjacent to an activating group) is 1. The number of rotatable bonds is 7. The average Bonchev–Trinajstić information content (AvgIpc) is 3.34. The van der Waals surface area contributed by atoms with E-state index in [0.717, 1.165) is 22.6 Å². The number of hydrogen-bond donors (Lipinski definition) is 0. The number of carbonyl (C=O) groups excluding carboxylic acids is 2. The summed E-state index contributed by atoms with van der Waals surface area (Å²) in [5.74, 6) is 0.803. The molecule has 1 aliphatic rings. The molecular formula is C27H26ClN3O4. The Morgan fingerprint density at radius 2 is 1.71 bits per heavy atom. The van der Waals surface area contributed by atoms with Gasteiger partial charge in [0.25, 0.3) is 11.8 Å². The van der Waals surface area contributed by atoms with Crippen LogP contribution in [0.2, 0.25) is 5.02 Å². The van der Waals surface area contributed by atoms with Crippen LogP contribution in [0.3, 0.4) is 0 Å². The van der Waals surface area contributed by atoms with Gasteiger partial charge in [-0.15, -0.1) is 0 Å². The van der Waals surface area contributed by atoms with Crippen LogP contribution in [0.1, 0.15) is 33.9 Å². The van der Waals surface area contributed by atoms with E-state index in [9.17, 15) is 9.59 Å². The summed E-state index contributed by atoms with van der Waals surface area (Å²) in [4.78, 5) is 27.7. The molecule has 8 heteroatoms. The first kappa shape index (κ1) is 24.3. The zero-order valence-electron chi connectivity index (χ0n) is 19.8. The van der Waals surface area contributed by atoms with Gasteiger partial charge in [-0.25, -0.2) is 5.01 Å². The highest BCUT2D eigenvalue weighted by molar-refractivity contribution is 6.33. The maximum atomic E-state index is 13.4. The molecular weight excluding hydrogens is 466 g/mol. The van der Waals surface area contributed by atoms with Crippen molar-refractivity contribution in [2.24, 2.45) is 5.10 Å². The van der Waals surface area contributed by atoms with Crippen molar-refractivity contribution < 1.29 is 19.1 Å². The Hall–Kier alpha value is -3.84. The van der Waals surface area contributed by atoms with Crippen LogP contribution in [0.15, 0.2) is 77.9 Å². The first-order valence-corrected chi connectivity index (χ1v) is 11.5. The Morgan fingerprint density at radius 1 is 1.00 bits per heavy atom. The molecule has 1 atom stereocenters. The number of methoxy groups -OCH3 is 2. The highest BCUT2D eigenvalue weighted by atomic mass is 35.5. The van der Waals surface area contributed by atoms with E-state index < -0.39 is 0 Å². The van der Waals surface area contributed by atoms with Gasteiger partial charge in [0, 0.05) is 19.0 Å². The third kappa shape index (κ3) is 5.30. The van der Waals surface area contributed by atoms with Crippen LogP contribution in [0.25, 0.3) is 0 Å². The van der Waals surface area contributed by atoms with Crippen LogP contribution in [-0.4, -0.2) is 55.2 Å². The van der Waals surface area contributed by atoms with Gasteiger partial charge in [-0.3, -0.25) is 9.59 Å². The zero-order chi connectivity index (χ0) is 24.9. The van der Waals surface area contributed by atoms with Crippen LogP contribution in [0.5, 0.6) is 11.5 Å². The highest BCUT2D eigenvalue weighted by Crippen LogP contribution is 2.34. The number of halogens is 1. The second-order valence-electron chi connectivity index (χ2n) is 8.15. The maximum Gasteiger partial charge on any atom is 0.262 e. The summed E-state index contributed by atoms with van der Waals surface area (Å²) in [6.45, 7) is -0.147. The molecule has 0 N–H and O–H groups in total. The molecule has 4 rings (SSSR count). The first-order valence-electron chi connectivity index (χ1n) is 11.1. The molecule has 1 aliphatic heterocycles. The van der Waals surface area contributed by atoms with E-state index in [-0.39, 0.29) is 24.4 Å². The number of hydrazone groups is 1. The Morgan fingerprint density at radius 3 is 2.40 bits per heavy atom. The molecule has 35 heavy (non-hydrogen) atoms. The summed E-state index contributed by atoms with van der Waals surface area (Å²) in [6.07, 6.45) is 0.521. The maximum absolute atomic E-state index is 13.4. The number of hydrogen-bond acceptors (Lipinski definition) is 5. The van der Waals surface area contributed by atoms with Crippen LogP contribution in [0.4, 0.5) is 0 Å². The number of benzene rings is 3. The fourth-order valence-corrected chi connectivity index (χ4v) is 4.21. The van der Waals surface area contributed by atoms with Gasteiger partial charge in [-0.2, -0.15) is 5.10 Å². The molecule has 0 spiro atoms. The number of nitrogens with zero attached hydrogens (tertiary/aromatic N) is 3. The van der Waals surface area contributed by atoms with E-state index in [2.05, 4.69) is 5.10 Å². The second kappa shape index (κ2) is 10.6. The number of carbonyl (C=O) groups is 2. The van der Waals surface area contributed by atoms with Gasteiger partial charge in [-0.05, 0) is 42.0 Å². The molecule has 1 unspecified atom stereocenters. The van der Waals surface area contributed by atoms with Crippen LogP contribution in [-0.2, 0) is 4.79 Å². The molecule has 0 radical (unpaired) electrons. The van der Waals surface area contributed by atoms with Crippen molar-refractivity contribution in [1.82, 2.24) is 9.91 Å². The van der Waals surface area contributed by atoms with Gasteiger partial charge in [0.05, 0.1) is 36.6 Å². The standard InChI is InChI=1S/C27H26ClN3O4/c1-30(27(33)22-9-4-5-10-23(22)28)17-26(32)31-25(18-11-13-20(34-2)14-12-18)16-24(29-31)19-7-6-8-21(15-19)35-3/h4-15,25H,16-17H2,1-3H3. The largest absolute Gasteiger partial charge is 0.497 e. The fraction of sp³-hybridized carbons (Fsp3) is 0.222. The molecule has 0 aliphatic carbocycles. The molecule has 0 saturated heterocycles. The number of amides is 2.